The normalized spacial score (nSPS) is 15.0. The van der Waals surface area contributed by atoms with E-state index in [2.05, 4.69) is 25.2 Å². The number of oxazole rings is 1. The van der Waals surface area contributed by atoms with Gasteiger partial charge in [0.15, 0.2) is 11.2 Å². The summed E-state index contributed by atoms with van der Waals surface area (Å²) in [4.78, 5) is 8.51. The summed E-state index contributed by atoms with van der Waals surface area (Å²) in [5.74, 6) is 0.553. The van der Waals surface area contributed by atoms with Crippen LogP contribution in [0.3, 0.4) is 0 Å². The first-order chi connectivity index (χ1) is 12.2. The standard InChI is InChI=1S/C16H14FN7O/c1-22(16-19-12-6-10(17)2-3-13(12)25-16)11-7-23(8-11)15-5-4-14-20-18-9-24(14)21-15/h2-6,9,11H,7-8H2,1H3. The van der Waals surface area contributed by atoms with Gasteiger partial charge in [0.25, 0.3) is 6.01 Å². The number of anilines is 2. The molecule has 0 radical (unpaired) electrons. The number of rotatable bonds is 3. The van der Waals surface area contributed by atoms with Crippen molar-refractivity contribution in [3.8, 4) is 0 Å². The lowest BCUT2D eigenvalue weighted by molar-refractivity contribution is 0.456. The van der Waals surface area contributed by atoms with E-state index in [0.29, 0.717) is 17.1 Å². The number of hydrogen-bond acceptors (Lipinski definition) is 7. The van der Waals surface area contributed by atoms with Crippen molar-refractivity contribution in [3.05, 3.63) is 42.5 Å². The third kappa shape index (κ3) is 2.27. The van der Waals surface area contributed by atoms with Crippen molar-refractivity contribution >= 4 is 28.6 Å². The van der Waals surface area contributed by atoms with Crippen LogP contribution in [0.2, 0.25) is 0 Å². The van der Waals surface area contributed by atoms with Crippen LogP contribution in [-0.2, 0) is 0 Å². The molecule has 0 amide bonds. The first-order valence-corrected chi connectivity index (χ1v) is 7.88. The van der Waals surface area contributed by atoms with E-state index >= 15 is 0 Å². The molecule has 1 aromatic carbocycles. The summed E-state index contributed by atoms with van der Waals surface area (Å²) in [6, 6.07) is 8.91. The van der Waals surface area contributed by atoms with Crippen molar-refractivity contribution in [2.45, 2.75) is 6.04 Å². The molecule has 9 heteroatoms. The average Bonchev–Trinajstić information content (AvgIpc) is 3.18. The first-order valence-electron chi connectivity index (χ1n) is 7.88. The summed E-state index contributed by atoms with van der Waals surface area (Å²) in [5.41, 5.74) is 1.83. The van der Waals surface area contributed by atoms with Crippen LogP contribution in [0.5, 0.6) is 0 Å². The molecule has 0 bridgehead atoms. The summed E-state index contributed by atoms with van der Waals surface area (Å²) in [6.45, 7) is 1.59. The SMILES string of the molecule is CN(c1nc2cc(F)ccc2o1)C1CN(c2ccc3nncn3n2)C1. The fourth-order valence-electron chi connectivity index (χ4n) is 2.97. The quantitative estimate of drug-likeness (QED) is 0.562. The van der Waals surface area contributed by atoms with Crippen LogP contribution in [0.4, 0.5) is 16.2 Å². The highest BCUT2D eigenvalue weighted by Gasteiger charge is 2.33. The van der Waals surface area contributed by atoms with Crippen LogP contribution < -0.4 is 9.80 Å². The predicted molar refractivity (Wildman–Crippen MR) is 89.2 cm³/mol. The zero-order valence-corrected chi connectivity index (χ0v) is 13.4. The molecule has 8 nitrogen and oxygen atoms in total. The minimum absolute atomic E-state index is 0.247. The molecule has 1 saturated heterocycles. The van der Waals surface area contributed by atoms with Gasteiger partial charge < -0.3 is 14.2 Å². The highest BCUT2D eigenvalue weighted by Crippen LogP contribution is 2.27. The molecule has 0 spiro atoms. The van der Waals surface area contributed by atoms with E-state index in [4.69, 9.17) is 4.42 Å². The molecule has 1 aliphatic heterocycles. The van der Waals surface area contributed by atoms with E-state index in [1.54, 1.807) is 16.9 Å². The Morgan fingerprint density at radius 1 is 1.24 bits per heavy atom. The monoisotopic (exact) mass is 339 g/mol. The molecule has 0 aliphatic carbocycles. The zero-order chi connectivity index (χ0) is 17.0. The largest absolute Gasteiger partial charge is 0.423 e. The van der Waals surface area contributed by atoms with E-state index in [9.17, 15) is 4.39 Å². The fourth-order valence-corrected chi connectivity index (χ4v) is 2.97. The van der Waals surface area contributed by atoms with Gasteiger partial charge in [-0.1, -0.05) is 0 Å². The van der Waals surface area contributed by atoms with Crippen molar-refractivity contribution in [2.75, 3.05) is 29.9 Å². The Bertz CT molecular complexity index is 1070. The third-order valence-electron chi connectivity index (χ3n) is 4.52. The number of hydrogen-bond donors (Lipinski definition) is 0. The molecule has 0 unspecified atom stereocenters. The van der Waals surface area contributed by atoms with Crippen LogP contribution in [0.1, 0.15) is 0 Å². The lowest BCUT2D eigenvalue weighted by Crippen LogP contribution is -2.59. The van der Waals surface area contributed by atoms with Crippen molar-refractivity contribution in [3.63, 3.8) is 0 Å². The zero-order valence-electron chi connectivity index (χ0n) is 13.4. The van der Waals surface area contributed by atoms with E-state index in [0.717, 1.165) is 24.6 Å². The van der Waals surface area contributed by atoms with Gasteiger partial charge in [0.05, 0.1) is 6.04 Å². The molecular weight excluding hydrogens is 325 g/mol. The van der Waals surface area contributed by atoms with Crippen LogP contribution >= 0.6 is 0 Å². The second-order valence-electron chi connectivity index (χ2n) is 6.10. The molecular formula is C16H14FN7O. The first kappa shape index (κ1) is 14.1. The van der Waals surface area contributed by atoms with Crippen molar-refractivity contribution in [1.29, 1.82) is 0 Å². The lowest BCUT2D eigenvalue weighted by atomic mass is 10.1. The summed E-state index contributed by atoms with van der Waals surface area (Å²) in [7, 11) is 1.93. The van der Waals surface area contributed by atoms with Crippen LogP contribution in [0.15, 0.2) is 41.1 Å². The summed E-state index contributed by atoms with van der Waals surface area (Å²) in [5, 5.41) is 12.3. The predicted octanol–water partition coefficient (Wildman–Crippen LogP) is 1.73. The molecule has 25 heavy (non-hydrogen) atoms. The fraction of sp³-hybridized carbons (Fsp3) is 0.250. The maximum Gasteiger partial charge on any atom is 0.298 e. The summed E-state index contributed by atoms with van der Waals surface area (Å²) >= 11 is 0. The Morgan fingerprint density at radius 3 is 3.00 bits per heavy atom. The van der Waals surface area contributed by atoms with Crippen LogP contribution in [0, 0.1) is 5.82 Å². The van der Waals surface area contributed by atoms with E-state index in [1.165, 1.54) is 12.1 Å². The molecule has 0 saturated carbocycles. The molecule has 1 aliphatic rings. The molecule has 1 fully saturated rings. The number of fused-ring (bicyclic) bond motifs is 2. The van der Waals surface area contributed by atoms with Gasteiger partial charge in [-0.15, -0.1) is 15.3 Å². The lowest BCUT2D eigenvalue weighted by Gasteiger charge is -2.43. The molecule has 3 aromatic heterocycles. The highest BCUT2D eigenvalue weighted by atomic mass is 19.1. The van der Waals surface area contributed by atoms with E-state index in [1.807, 2.05) is 24.1 Å². The maximum atomic E-state index is 13.3. The van der Waals surface area contributed by atoms with Gasteiger partial charge >= 0.3 is 0 Å². The molecule has 126 valence electrons. The molecule has 0 atom stereocenters. The van der Waals surface area contributed by atoms with Gasteiger partial charge in [-0.2, -0.15) is 9.50 Å². The maximum absolute atomic E-state index is 13.3. The Morgan fingerprint density at radius 2 is 2.12 bits per heavy atom. The van der Waals surface area contributed by atoms with Gasteiger partial charge in [0, 0.05) is 26.2 Å². The topological polar surface area (TPSA) is 75.6 Å². The number of likely N-dealkylation sites (N-methyl/N-ethyl adjacent to an activating group) is 1. The van der Waals surface area contributed by atoms with Crippen LogP contribution in [-0.4, -0.2) is 51.0 Å². The minimum Gasteiger partial charge on any atom is -0.423 e. The molecule has 4 heterocycles. The van der Waals surface area contributed by atoms with Crippen LogP contribution in [0.25, 0.3) is 16.7 Å². The average molecular weight is 339 g/mol. The molecule has 0 N–H and O–H groups in total. The smallest absolute Gasteiger partial charge is 0.298 e. The number of aromatic nitrogens is 5. The molecule has 4 aromatic rings. The Balaban J connectivity index is 1.33. The van der Waals surface area contributed by atoms with Gasteiger partial charge in [-0.3, -0.25) is 0 Å². The van der Waals surface area contributed by atoms with Gasteiger partial charge in [-0.25, -0.2) is 4.39 Å². The van der Waals surface area contributed by atoms with Gasteiger partial charge in [0.2, 0.25) is 0 Å². The van der Waals surface area contributed by atoms with Crippen molar-refractivity contribution < 1.29 is 8.81 Å². The second kappa shape index (κ2) is 5.13. The van der Waals surface area contributed by atoms with Crippen molar-refractivity contribution in [2.24, 2.45) is 0 Å². The number of nitrogens with zero attached hydrogens (tertiary/aromatic N) is 7. The summed E-state index contributed by atoms with van der Waals surface area (Å²) in [6.07, 6.45) is 1.58. The Kier molecular flexibility index (Phi) is 2.90. The summed E-state index contributed by atoms with van der Waals surface area (Å²) < 4.78 is 20.7. The van der Waals surface area contributed by atoms with Gasteiger partial charge in [0.1, 0.15) is 23.5 Å². The van der Waals surface area contributed by atoms with Gasteiger partial charge in [-0.05, 0) is 24.3 Å². The van der Waals surface area contributed by atoms with Crippen molar-refractivity contribution in [1.82, 2.24) is 24.8 Å². The second-order valence-corrected chi connectivity index (χ2v) is 6.10. The Hall–Kier alpha value is -3.23. The Labute approximate surface area is 141 Å². The minimum atomic E-state index is -0.319. The van der Waals surface area contributed by atoms with E-state index in [-0.39, 0.29) is 11.9 Å². The number of benzene rings is 1. The number of halogens is 1. The third-order valence-corrected chi connectivity index (χ3v) is 4.52. The van der Waals surface area contributed by atoms with E-state index < -0.39 is 0 Å². The highest BCUT2D eigenvalue weighted by molar-refractivity contribution is 5.74. The molecule has 5 rings (SSSR count).